The van der Waals surface area contributed by atoms with E-state index < -0.39 is 0 Å². The molecule has 1 N–H and O–H groups in total. The number of nitrogens with one attached hydrogen (secondary N) is 1. The fraction of sp³-hybridized carbons (Fsp3) is 0.632. The molecule has 2 unspecified atom stereocenters. The maximum atomic E-state index is 12.8. The van der Waals surface area contributed by atoms with Crippen LogP contribution in [0.25, 0.3) is 0 Å². The Hall–Kier alpha value is -1.75. The van der Waals surface area contributed by atoms with Crippen LogP contribution in [0.3, 0.4) is 0 Å². The van der Waals surface area contributed by atoms with Crippen molar-refractivity contribution < 1.29 is 14.3 Å². The summed E-state index contributed by atoms with van der Waals surface area (Å²) in [7, 11) is 3.73. The van der Waals surface area contributed by atoms with Gasteiger partial charge in [-0.05, 0) is 52.4 Å². The second-order valence-corrected chi connectivity index (χ2v) is 7.63. The highest BCUT2D eigenvalue weighted by Crippen LogP contribution is 2.41. The molecule has 2 atom stereocenters. The highest BCUT2D eigenvalue weighted by molar-refractivity contribution is 5.79. The summed E-state index contributed by atoms with van der Waals surface area (Å²) in [5, 5.41) is 3.27. The molecule has 3 rings (SSSR count). The summed E-state index contributed by atoms with van der Waals surface area (Å²) in [6.07, 6.45) is 2.82. The minimum Gasteiger partial charge on any atom is -0.497 e. The number of amides is 1. The summed E-state index contributed by atoms with van der Waals surface area (Å²) in [6, 6.07) is 5.81. The molecule has 0 aromatic heterocycles. The fourth-order valence-corrected chi connectivity index (χ4v) is 3.76. The Morgan fingerprint density at radius 3 is 2.92 bits per heavy atom. The Morgan fingerprint density at radius 2 is 2.21 bits per heavy atom. The van der Waals surface area contributed by atoms with Crippen LogP contribution >= 0.6 is 0 Å². The van der Waals surface area contributed by atoms with Gasteiger partial charge in [0.15, 0.2) is 0 Å². The molecular formula is C19H28N2O3. The van der Waals surface area contributed by atoms with Crippen LogP contribution in [0, 0.1) is 5.92 Å². The van der Waals surface area contributed by atoms with E-state index in [4.69, 9.17) is 9.47 Å². The monoisotopic (exact) mass is 332 g/mol. The smallest absolute Gasteiger partial charge is 0.224 e. The van der Waals surface area contributed by atoms with Gasteiger partial charge in [0.1, 0.15) is 17.1 Å². The number of carbonyl (C=O) groups excluding carboxylic acids is 1. The number of nitrogens with zero attached hydrogens (tertiary/aromatic N) is 1. The molecular weight excluding hydrogens is 304 g/mol. The average molecular weight is 332 g/mol. The average Bonchev–Trinajstić information content (AvgIpc) is 2.53. The van der Waals surface area contributed by atoms with Crippen LogP contribution in [0.2, 0.25) is 0 Å². The third-order valence-electron chi connectivity index (χ3n) is 4.99. The van der Waals surface area contributed by atoms with Crippen molar-refractivity contribution in [1.29, 1.82) is 0 Å². The zero-order valence-corrected chi connectivity index (χ0v) is 15.1. The van der Waals surface area contributed by atoms with Gasteiger partial charge in [-0.15, -0.1) is 0 Å². The first-order valence-electron chi connectivity index (χ1n) is 8.74. The number of ether oxygens (including phenoxy) is 2. The molecule has 1 amide bonds. The summed E-state index contributed by atoms with van der Waals surface area (Å²) in [6.45, 7) is 6.04. The van der Waals surface area contributed by atoms with Gasteiger partial charge in [-0.25, -0.2) is 0 Å². The van der Waals surface area contributed by atoms with Gasteiger partial charge in [0, 0.05) is 24.6 Å². The molecule has 1 aromatic carbocycles. The topological polar surface area (TPSA) is 50.8 Å². The number of likely N-dealkylation sites (tertiary alicyclic amines) is 1. The molecule has 1 saturated heterocycles. The molecule has 0 aliphatic carbocycles. The molecule has 132 valence electrons. The minimum absolute atomic E-state index is 0.0191. The van der Waals surface area contributed by atoms with Crippen molar-refractivity contribution in [3.05, 3.63) is 23.8 Å². The van der Waals surface area contributed by atoms with E-state index in [1.165, 1.54) is 0 Å². The van der Waals surface area contributed by atoms with Crippen molar-refractivity contribution in [1.82, 2.24) is 10.2 Å². The summed E-state index contributed by atoms with van der Waals surface area (Å²) in [5.41, 5.74) is 0.716. The summed E-state index contributed by atoms with van der Waals surface area (Å²) < 4.78 is 11.4. The van der Waals surface area contributed by atoms with E-state index >= 15 is 0 Å². The number of piperidine rings is 1. The third kappa shape index (κ3) is 3.66. The Balaban J connectivity index is 1.79. The lowest BCUT2D eigenvalue weighted by molar-refractivity contribution is -0.127. The molecule has 2 heterocycles. The Labute approximate surface area is 144 Å². The number of fused-ring (bicyclic) bond motifs is 1. The van der Waals surface area contributed by atoms with Gasteiger partial charge in [-0.1, -0.05) is 0 Å². The van der Waals surface area contributed by atoms with Crippen molar-refractivity contribution in [3.63, 3.8) is 0 Å². The SMILES string of the molecule is COc1ccc2c(c1)OC(C)(C)CC2NC(=O)C1CCCN(C)C1. The van der Waals surface area contributed by atoms with E-state index in [-0.39, 0.29) is 23.5 Å². The van der Waals surface area contributed by atoms with E-state index in [9.17, 15) is 4.79 Å². The molecule has 2 aliphatic rings. The van der Waals surface area contributed by atoms with Gasteiger partial charge in [-0.2, -0.15) is 0 Å². The van der Waals surface area contributed by atoms with Crippen LogP contribution in [0.5, 0.6) is 11.5 Å². The lowest BCUT2D eigenvalue weighted by atomic mass is 9.88. The molecule has 24 heavy (non-hydrogen) atoms. The van der Waals surface area contributed by atoms with Gasteiger partial charge in [-0.3, -0.25) is 4.79 Å². The first-order valence-corrected chi connectivity index (χ1v) is 8.74. The summed E-state index contributed by atoms with van der Waals surface area (Å²) >= 11 is 0. The molecule has 5 heteroatoms. The third-order valence-corrected chi connectivity index (χ3v) is 4.99. The highest BCUT2D eigenvalue weighted by Gasteiger charge is 2.36. The number of hydrogen-bond donors (Lipinski definition) is 1. The van der Waals surface area contributed by atoms with Gasteiger partial charge in [0.2, 0.25) is 5.91 Å². The predicted molar refractivity (Wildman–Crippen MR) is 93.4 cm³/mol. The zero-order valence-electron chi connectivity index (χ0n) is 15.1. The van der Waals surface area contributed by atoms with E-state index in [0.29, 0.717) is 0 Å². The molecule has 5 nitrogen and oxygen atoms in total. The van der Waals surface area contributed by atoms with E-state index in [1.807, 2.05) is 18.2 Å². The number of carbonyl (C=O) groups is 1. The second-order valence-electron chi connectivity index (χ2n) is 7.63. The van der Waals surface area contributed by atoms with E-state index in [2.05, 4.69) is 31.1 Å². The maximum absolute atomic E-state index is 12.8. The number of benzene rings is 1. The Bertz CT molecular complexity index is 615. The van der Waals surface area contributed by atoms with Crippen molar-refractivity contribution in [3.8, 4) is 11.5 Å². The molecule has 1 fully saturated rings. The predicted octanol–water partition coefficient (Wildman–Crippen LogP) is 2.76. The minimum atomic E-state index is -0.319. The molecule has 0 saturated carbocycles. The van der Waals surface area contributed by atoms with E-state index in [1.54, 1.807) is 7.11 Å². The molecule has 0 spiro atoms. The van der Waals surface area contributed by atoms with Crippen LogP contribution in [-0.4, -0.2) is 43.7 Å². The summed E-state index contributed by atoms with van der Waals surface area (Å²) in [4.78, 5) is 15.0. The molecule has 2 aliphatic heterocycles. The van der Waals surface area contributed by atoms with Crippen molar-refractivity contribution >= 4 is 5.91 Å². The van der Waals surface area contributed by atoms with Crippen LogP contribution in [0.4, 0.5) is 0 Å². The van der Waals surface area contributed by atoms with Gasteiger partial charge >= 0.3 is 0 Å². The van der Waals surface area contributed by atoms with Crippen LogP contribution in [-0.2, 0) is 4.79 Å². The molecule has 0 radical (unpaired) electrons. The zero-order chi connectivity index (χ0) is 17.3. The highest BCUT2D eigenvalue weighted by atomic mass is 16.5. The molecule has 1 aromatic rings. The van der Waals surface area contributed by atoms with Crippen molar-refractivity contribution in [2.24, 2.45) is 5.92 Å². The lowest BCUT2D eigenvalue weighted by Crippen LogP contribution is -2.46. The quantitative estimate of drug-likeness (QED) is 0.925. The lowest BCUT2D eigenvalue weighted by Gasteiger charge is -2.39. The van der Waals surface area contributed by atoms with Gasteiger partial charge in [0.25, 0.3) is 0 Å². The number of rotatable bonds is 3. The number of methoxy groups -OCH3 is 1. The Morgan fingerprint density at radius 1 is 1.42 bits per heavy atom. The van der Waals surface area contributed by atoms with Crippen LogP contribution in [0.15, 0.2) is 18.2 Å². The largest absolute Gasteiger partial charge is 0.497 e. The first kappa shape index (κ1) is 17.1. The first-order chi connectivity index (χ1) is 11.4. The fourth-order valence-electron chi connectivity index (χ4n) is 3.76. The van der Waals surface area contributed by atoms with Crippen LogP contribution in [0.1, 0.15) is 44.7 Å². The maximum Gasteiger partial charge on any atom is 0.224 e. The second kappa shape index (κ2) is 6.63. The van der Waals surface area contributed by atoms with E-state index in [0.717, 1.165) is 49.4 Å². The number of hydrogen-bond acceptors (Lipinski definition) is 4. The Kier molecular flexibility index (Phi) is 4.72. The standard InChI is InChI=1S/C19H28N2O3/c1-19(2)11-16(15-8-7-14(23-4)10-17(15)24-19)20-18(22)13-6-5-9-21(3)12-13/h7-8,10,13,16H,5-6,9,11-12H2,1-4H3,(H,20,22). The van der Waals surface area contributed by atoms with Gasteiger partial charge in [0.05, 0.1) is 19.1 Å². The normalized spacial score (nSPS) is 26.2. The van der Waals surface area contributed by atoms with Crippen molar-refractivity contribution in [2.75, 3.05) is 27.2 Å². The van der Waals surface area contributed by atoms with Crippen LogP contribution < -0.4 is 14.8 Å². The summed E-state index contributed by atoms with van der Waals surface area (Å²) in [5.74, 6) is 1.81. The van der Waals surface area contributed by atoms with Crippen molar-refractivity contribution in [2.45, 2.75) is 44.8 Å². The molecule has 0 bridgehead atoms. The van der Waals surface area contributed by atoms with Gasteiger partial charge < -0.3 is 19.7 Å².